The SMILES string of the molecule is N#Cc1ccccc1-c1ccc2c(c1)c1cc(-c3ccccc3C#N)ccc1n2-c1ccccc1-c1ccc(-c2nc(-c3ccccc3)cc(-c3ccccc3)n2)cc1-n1c2ccc(-c3ccccc3C#N)cc2c2cc(-c3ccccc3C#N)ccc21. The molecule has 0 atom stereocenters. The molecule has 0 radical (unpaired) electrons. The number of nitrogens with zero attached hydrogens (tertiary/aromatic N) is 8. The number of hydrogen-bond acceptors (Lipinski definition) is 6. The molecule has 0 spiro atoms. The van der Waals surface area contributed by atoms with Crippen LogP contribution in [0, 0.1) is 45.3 Å². The molecule has 0 aliphatic rings. The first kappa shape index (κ1) is 52.1. The topological polar surface area (TPSA) is 131 Å². The molecule has 15 aromatic rings. The van der Waals surface area contributed by atoms with E-state index in [1.54, 1.807) is 0 Å². The van der Waals surface area contributed by atoms with E-state index in [9.17, 15) is 21.0 Å². The summed E-state index contributed by atoms with van der Waals surface area (Å²) in [7, 11) is 0. The number of rotatable bonds is 10. The fourth-order valence-corrected chi connectivity index (χ4v) is 12.6. The lowest BCUT2D eigenvalue weighted by atomic mass is 9.96. The molecule has 0 aliphatic carbocycles. The minimum Gasteiger partial charge on any atom is -0.309 e. The molecule has 406 valence electrons. The molecule has 0 saturated heterocycles. The van der Waals surface area contributed by atoms with Crippen molar-refractivity contribution in [1.29, 1.82) is 21.0 Å². The van der Waals surface area contributed by atoms with Gasteiger partial charge in [0.15, 0.2) is 5.82 Å². The predicted molar refractivity (Wildman–Crippen MR) is 353 cm³/mol. The summed E-state index contributed by atoms with van der Waals surface area (Å²) >= 11 is 0. The number of nitriles is 4. The molecule has 8 nitrogen and oxygen atoms in total. The largest absolute Gasteiger partial charge is 0.309 e. The second-order valence-corrected chi connectivity index (χ2v) is 21.7. The zero-order valence-electron chi connectivity index (χ0n) is 47.1. The zero-order valence-corrected chi connectivity index (χ0v) is 47.1. The Morgan fingerprint density at radius 3 is 0.920 bits per heavy atom. The Morgan fingerprint density at radius 2 is 0.545 bits per heavy atom. The minimum atomic E-state index is 0.554. The van der Waals surface area contributed by atoms with Crippen molar-refractivity contribution in [3.63, 3.8) is 0 Å². The molecule has 88 heavy (non-hydrogen) atoms. The predicted octanol–water partition coefficient (Wildman–Crippen LogP) is 19.5. The van der Waals surface area contributed by atoms with Gasteiger partial charge in [0.25, 0.3) is 0 Å². The molecular formula is C80H46N8. The van der Waals surface area contributed by atoms with Crippen molar-refractivity contribution in [3.05, 3.63) is 301 Å². The fraction of sp³-hybridized carbons (Fsp3) is 0. The second kappa shape index (κ2) is 21.8. The summed E-state index contributed by atoms with van der Waals surface area (Å²) in [6, 6.07) is 104. The minimum absolute atomic E-state index is 0.554. The first-order valence-corrected chi connectivity index (χ1v) is 28.9. The van der Waals surface area contributed by atoms with Gasteiger partial charge in [-0.3, -0.25) is 0 Å². The summed E-state index contributed by atoms with van der Waals surface area (Å²) < 4.78 is 4.67. The van der Waals surface area contributed by atoms with E-state index in [1.165, 1.54) is 0 Å². The Kier molecular flexibility index (Phi) is 12.9. The van der Waals surface area contributed by atoms with E-state index in [0.717, 1.165) is 139 Å². The molecule has 0 aliphatic heterocycles. The monoisotopic (exact) mass is 1120 g/mol. The van der Waals surface area contributed by atoms with Crippen LogP contribution >= 0.6 is 0 Å². The van der Waals surface area contributed by atoms with E-state index < -0.39 is 0 Å². The van der Waals surface area contributed by atoms with Crippen LogP contribution in [-0.4, -0.2) is 19.1 Å². The summed E-state index contributed by atoms with van der Waals surface area (Å²) in [4.78, 5) is 10.7. The molecule has 15 rings (SSSR count). The molecule has 12 aromatic carbocycles. The number of benzene rings is 12. The lowest BCUT2D eigenvalue weighted by Gasteiger charge is -2.20. The molecule has 0 bridgehead atoms. The summed E-state index contributed by atoms with van der Waals surface area (Å²) in [5.41, 5.74) is 21.0. The van der Waals surface area contributed by atoms with Gasteiger partial charge >= 0.3 is 0 Å². The maximum absolute atomic E-state index is 10.4. The van der Waals surface area contributed by atoms with Crippen LogP contribution in [-0.2, 0) is 0 Å². The van der Waals surface area contributed by atoms with Crippen molar-refractivity contribution in [1.82, 2.24) is 19.1 Å². The second-order valence-electron chi connectivity index (χ2n) is 21.7. The molecule has 0 amide bonds. The molecule has 8 heteroatoms. The smallest absolute Gasteiger partial charge is 0.160 e. The van der Waals surface area contributed by atoms with Gasteiger partial charge in [0.05, 0.1) is 91.4 Å². The number of para-hydroxylation sites is 1. The third-order valence-corrected chi connectivity index (χ3v) is 16.8. The van der Waals surface area contributed by atoms with Crippen LogP contribution in [0.1, 0.15) is 22.3 Å². The Labute approximate surface area is 507 Å². The van der Waals surface area contributed by atoms with E-state index >= 15 is 0 Å². The van der Waals surface area contributed by atoms with Crippen molar-refractivity contribution < 1.29 is 0 Å². The average molecular weight is 1120 g/mol. The van der Waals surface area contributed by atoms with Gasteiger partial charge in [-0.1, -0.05) is 188 Å². The standard InChI is InChI=1S/C80H46N8/c81-47-58-21-7-11-25-62(58)53-32-37-75-68(41-53)69-42-54(63-26-12-8-22-59(63)48-82)33-38-76(69)87(75)74-30-16-15-29-66(74)67-36-31-57(80-85-72(51-17-3-1-4-18-51)46-73(86-80)52-19-5-2-6-20-52)45-79(67)88-77-39-34-55(64-27-13-9-23-60(64)49-83)43-70(77)71-44-56(35-40-78(71)88)65-28-14-10-24-61(65)50-84/h1-46H. The summed E-state index contributed by atoms with van der Waals surface area (Å²) in [5, 5.41) is 45.3. The van der Waals surface area contributed by atoms with Crippen LogP contribution in [0.4, 0.5) is 0 Å². The van der Waals surface area contributed by atoms with E-state index in [-0.39, 0.29) is 0 Å². The van der Waals surface area contributed by atoms with Crippen LogP contribution in [0.5, 0.6) is 0 Å². The lowest BCUT2D eigenvalue weighted by molar-refractivity contribution is 1.15. The van der Waals surface area contributed by atoms with Crippen molar-refractivity contribution >= 4 is 43.6 Å². The van der Waals surface area contributed by atoms with Gasteiger partial charge in [-0.05, 0) is 136 Å². The summed E-state index contributed by atoms with van der Waals surface area (Å²) in [5.74, 6) is 0.554. The van der Waals surface area contributed by atoms with Crippen molar-refractivity contribution in [3.8, 4) is 125 Å². The first-order valence-electron chi connectivity index (χ1n) is 28.9. The Balaban J connectivity index is 1.03. The van der Waals surface area contributed by atoms with Gasteiger partial charge in [0.1, 0.15) is 0 Å². The van der Waals surface area contributed by atoms with Crippen LogP contribution < -0.4 is 0 Å². The van der Waals surface area contributed by atoms with E-state index in [2.05, 4.69) is 179 Å². The summed E-state index contributed by atoms with van der Waals surface area (Å²) in [6.07, 6.45) is 0. The third kappa shape index (κ3) is 8.91. The van der Waals surface area contributed by atoms with Gasteiger partial charge in [0, 0.05) is 49.4 Å². The Hall–Kier alpha value is -12.7. The van der Waals surface area contributed by atoms with Gasteiger partial charge in [-0.2, -0.15) is 21.0 Å². The molecule has 0 fully saturated rings. The van der Waals surface area contributed by atoms with Crippen LogP contribution in [0.15, 0.2) is 279 Å². The third-order valence-electron chi connectivity index (χ3n) is 16.8. The van der Waals surface area contributed by atoms with Crippen molar-refractivity contribution in [2.45, 2.75) is 0 Å². The van der Waals surface area contributed by atoms with Crippen molar-refractivity contribution in [2.75, 3.05) is 0 Å². The summed E-state index contributed by atoms with van der Waals surface area (Å²) in [6.45, 7) is 0. The highest BCUT2D eigenvalue weighted by atomic mass is 15.0. The maximum atomic E-state index is 10.4. The van der Waals surface area contributed by atoms with Gasteiger partial charge in [0.2, 0.25) is 0 Å². The molecule has 0 unspecified atom stereocenters. The van der Waals surface area contributed by atoms with Gasteiger partial charge in [-0.15, -0.1) is 0 Å². The molecule has 0 saturated carbocycles. The van der Waals surface area contributed by atoms with Gasteiger partial charge < -0.3 is 9.13 Å². The zero-order chi connectivity index (χ0) is 59.2. The highest BCUT2D eigenvalue weighted by molar-refractivity contribution is 6.14. The number of aromatic nitrogens is 4. The fourth-order valence-electron chi connectivity index (χ4n) is 12.6. The first-order chi connectivity index (χ1) is 43.5. The highest BCUT2D eigenvalue weighted by Crippen LogP contribution is 2.45. The average Bonchev–Trinajstić information content (AvgIpc) is 1.67. The van der Waals surface area contributed by atoms with Crippen LogP contribution in [0.3, 0.4) is 0 Å². The maximum Gasteiger partial charge on any atom is 0.160 e. The Bertz CT molecular complexity index is 5220. The molecule has 3 aromatic heterocycles. The highest BCUT2D eigenvalue weighted by Gasteiger charge is 2.24. The van der Waals surface area contributed by atoms with E-state index in [4.69, 9.17) is 9.97 Å². The quantitative estimate of drug-likeness (QED) is 0.134. The normalized spacial score (nSPS) is 11.1. The van der Waals surface area contributed by atoms with Gasteiger partial charge in [-0.25, -0.2) is 9.97 Å². The van der Waals surface area contributed by atoms with Crippen LogP contribution in [0.2, 0.25) is 0 Å². The van der Waals surface area contributed by atoms with Crippen molar-refractivity contribution in [2.24, 2.45) is 0 Å². The van der Waals surface area contributed by atoms with E-state index in [0.29, 0.717) is 28.1 Å². The number of hydrogen-bond donors (Lipinski definition) is 0. The number of fused-ring (bicyclic) bond motifs is 6. The lowest BCUT2D eigenvalue weighted by Crippen LogP contribution is -2.03. The van der Waals surface area contributed by atoms with E-state index in [1.807, 2.05) is 133 Å². The molecule has 3 heterocycles. The molecular weight excluding hydrogens is 1070 g/mol. The van der Waals surface area contributed by atoms with Crippen LogP contribution in [0.25, 0.3) is 145 Å². The molecule has 0 N–H and O–H groups in total. The Morgan fingerprint density at radius 1 is 0.239 bits per heavy atom.